The largest absolute Gasteiger partial charge is 0.347 e. The summed E-state index contributed by atoms with van der Waals surface area (Å²) in [6.07, 6.45) is 10.4. The second-order valence-electron chi connectivity index (χ2n) is 7.31. The van der Waals surface area contributed by atoms with Crippen molar-refractivity contribution in [2.75, 3.05) is 13.1 Å². The van der Waals surface area contributed by atoms with Gasteiger partial charge in [0.05, 0.1) is 6.20 Å². The van der Waals surface area contributed by atoms with Crippen LogP contribution in [0.15, 0.2) is 36.9 Å². The Hall–Kier alpha value is -2.70. The molecule has 26 heavy (non-hydrogen) atoms. The SMILES string of the molecule is Cn1cccc1C(=O)N1CCC2(CC[C@H]2NC(=O)c2cnccn2)CC1. The van der Waals surface area contributed by atoms with Crippen LogP contribution in [0.2, 0.25) is 0 Å². The highest BCUT2D eigenvalue weighted by molar-refractivity contribution is 5.93. The van der Waals surface area contributed by atoms with Gasteiger partial charge in [0.25, 0.3) is 11.8 Å². The summed E-state index contributed by atoms with van der Waals surface area (Å²) >= 11 is 0. The molecule has 3 heterocycles. The van der Waals surface area contributed by atoms with Crippen LogP contribution in [0.3, 0.4) is 0 Å². The number of nitrogens with one attached hydrogen (secondary N) is 1. The first-order valence-corrected chi connectivity index (χ1v) is 9.07. The van der Waals surface area contributed by atoms with Crippen molar-refractivity contribution in [1.82, 2.24) is 24.8 Å². The molecule has 0 aromatic carbocycles. The Balaban J connectivity index is 1.37. The summed E-state index contributed by atoms with van der Waals surface area (Å²) in [6, 6.07) is 3.91. The molecule has 7 nitrogen and oxygen atoms in total. The first-order chi connectivity index (χ1) is 12.6. The Morgan fingerprint density at radius 2 is 2.04 bits per heavy atom. The van der Waals surface area contributed by atoms with Crippen molar-refractivity contribution in [3.63, 3.8) is 0 Å². The second kappa shape index (κ2) is 6.55. The van der Waals surface area contributed by atoms with E-state index in [0.717, 1.165) is 44.5 Å². The maximum atomic E-state index is 12.7. The number of carbonyl (C=O) groups excluding carboxylic acids is 2. The van der Waals surface area contributed by atoms with Crippen molar-refractivity contribution in [2.24, 2.45) is 12.5 Å². The predicted octanol–water partition coefficient (Wildman–Crippen LogP) is 1.63. The number of carbonyl (C=O) groups is 2. The monoisotopic (exact) mass is 353 g/mol. The number of likely N-dealkylation sites (tertiary alicyclic amines) is 1. The summed E-state index contributed by atoms with van der Waals surface area (Å²) in [5.41, 5.74) is 1.19. The van der Waals surface area contributed by atoms with Gasteiger partial charge in [-0.2, -0.15) is 0 Å². The molecule has 1 aliphatic heterocycles. The van der Waals surface area contributed by atoms with Gasteiger partial charge in [0.15, 0.2) is 0 Å². The molecule has 1 aliphatic carbocycles. The van der Waals surface area contributed by atoms with Crippen LogP contribution in [-0.4, -0.2) is 50.4 Å². The summed E-state index contributed by atoms with van der Waals surface area (Å²) in [5, 5.41) is 3.12. The molecule has 0 radical (unpaired) electrons. The fourth-order valence-corrected chi connectivity index (χ4v) is 4.17. The van der Waals surface area contributed by atoms with Crippen LogP contribution in [0, 0.1) is 5.41 Å². The average Bonchev–Trinajstić information content (AvgIpc) is 3.11. The molecule has 136 valence electrons. The molecule has 0 unspecified atom stereocenters. The van der Waals surface area contributed by atoms with Gasteiger partial charge in [-0.05, 0) is 43.2 Å². The quantitative estimate of drug-likeness (QED) is 0.909. The van der Waals surface area contributed by atoms with Crippen molar-refractivity contribution in [3.05, 3.63) is 48.3 Å². The first-order valence-electron chi connectivity index (χ1n) is 9.07. The third kappa shape index (κ3) is 2.87. The van der Waals surface area contributed by atoms with Gasteiger partial charge in [-0.25, -0.2) is 4.98 Å². The number of amides is 2. The van der Waals surface area contributed by atoms with Gasteiger partial charge in [0.1, 0.15) is 11.4 Å². The Bertz CT molecular complexity index is 808. The first kappa shape index (κ1) is 16.8. The van der Waals surface area contributed by atoms with Gasteiger partial charge < -0.3 is 14.8 Å². The number of piperidine rings is 1. The van der Waals surface area contributed by atoms with Crippen LogP contribution in [0.25, 0.3) is 0 Å². The number of nitrogens with zero attached hydrogens (tertiary/aromatic N) is 4. The number of hydrogen-bond acceptors (Lipinski definition) is 4. The Labute approximate surface area is 152 Å². The molecule has 2 aromatic heterocycles. The predicted molar refractivity (Wildman–Crippen MR) is 95.5 cm³/mol. The van der Waals surface area contributed by atoms with E-state index in [1.165, 1.54) is 12.4 Å². The molecule has 2 aliphatic rings. The molecular weight excluding hydrogens is 330 g/mol. The lowest BCUT2D eigenvalue weighted by molar-refractivity contribution is -0.00266. The van der Waals surface area contributed by atoms with Crippen molar-refractivity contribution in [3.8, 4) is 0 Å². The zero-order valence-corrected chi connectivity index (χ0v) is 14.9. The third-order valence-corrected chi connectivity index (χ3v) is 5.98. The zero-order chi connectivity index (χ0) is 18.1. The van der Waals surface area contributed by atoms with Gasteiger partial charge >= 0.3 is 0 Å². The number of aromatic nitrogens is 3. The number of hydrogen-bond donors (Lipinski definition) is 1. The summed E-state index contributed by atoms with van der Waals surface area (Å²) in [5.74, 6) is -0.0729. The highest BCUT2D eigenvalue weighted by Gasteiger charge is 2.49. The minimum atomic E-state index is -0.163. The van der Waals surface area contributed by atoms with E-state index in [2.05, 4.69) is 15.3 Å². The third-order valence-electron chi connectivity index (χ3n) is 5.98. The minimum Gasteiger partial charge on any atom is -0.347 e. The Morgan fingerprint density at radius 3 is 2.62 bits per heavy atom. The molecule has 1 saturated carbocycles. The lowest BCUT2D eigenvalue weighted by Crippen LogP contribution is -2.59. The van der Waals surface area contributed by atoms with E-state index in [-0.39, 0.29) is 23.3 Å². The number of aryl methyl sites for hydroxylation is 1. The normalized spacial score (nSPS) is 21.3. The van der Waals surface area contributed by atoms with Crippen LogP contribution in [0.5, 0.6) is 0 Å². The molecular formula is C19H23N5O2. The molecule has 2 aromatic rings. The summed E-state index contributed by atoms with van der Waals surface area (Å²) in [6.45, 7) is 1.48. The van der Waals surface area contributed by atoms with Crippen molar-refractivity contribution in [1.29, 1.82) is 0 Å². The van der Waals surface area contributed by atoms with Crippen LogP contribution in [0.1, 0.15) is 46.7 Å². The minimum absolute atomic E-state index is 0.0896. The van der Waals surface area contributed by atoms with E-state index in [1.807, 2.05) is 34.8 Å². The van der Waals surface area contributed by atoms with Crippen molar-refractivity contribution >= 4 is 11.8 Å². The Morgan fingerprint density at radius 1 is 1.23 bits per heavy atom. The van der Waals surface area contributed by atoms with E-state index in [1.54, 1.807) is 6.20 Å². The standard InChI is InChI=1S/C19H23N5O2/c1-23-10-2-3-15(23)18(26)24-11-6-19(7-12-24)5-4-16(19)22-17(25)14-13-20-8-9-21-14/h2-3,8-10,13,16H,4-7,11-12H2,1H3,(H,22,25)/t16-/m1/s1. The maximum absolute atomic E-state index is 12.7. The highest BCUT2D eigenvalue weighted by atomic mass is 16.2. The van der Waals surface area contributed by atoms with E-state index in [4.69, 9.17) is 0 Å². The van der Waals surface area contributed by atoms with Gasteiger partial charge in [0.2, 0.25) is 0 Å². The molecule has 2 fully saturated rings. The molecule has 0 bridgehead atoms. The smallest absolute Gasteiger partial charge is 0.271 e. The van der Waals surface area contributed by atoms with E-state index < -0.39 is 0 Å². The molecule has 2 amide bonds. The molecule has 4 rings (SSSR count). The van der Waals surface area contributed by atoms with E-state index in [9.17, 15) is 9.59 Å². The van der Waals surface area contributed by atoms with E-state index in [0.29, 0.717) is 5.69 Å². The zero-order valence-electron chi connectivity index (χ0n) is 14.9. The number of rotatable bonds is 3. The lowest BCUT2D eigenvalue weighted by Gasteiger charge is -2.54. The topological polar surface area (TPSA) is 80.1 Å². The Kier molecular flexibility index (Phi) is 4.22. The fourth-order valence-electron chi connectivity index (χ4n) is 4.17. The van der Waals surface area contributed by atoms with Crippen LogP contribution < -0.4 is 5.32 Å². The van der Waals surface area contributed by atoms with Crippen molar-refractivity contribution in [2.45, 2.75) is 31.7 Å². The van der Waals surface area contributed by atoms with Crippen LogP contribution in [0.4, 0.5) is 0 Å². The molecule has 1 spiro atoms. The van der Waals surface area contributed by atoms with Gasteiger partial charge in [-0.3, -0.25) is 14.6 Å². The maximum Gasteiger partial charge on any atom is 0.271 e. The van der Waals surface area contributed by atoms with Gasteiger partial charge in [-0.1, -0.05) is 0 Å². The molecule has 7 heteroatoms. The second-order valence-corrected chi connectivity index (χ2v) is 7.31. The van der Waals surface area contributed by atoms with Crippen LogP contribution >= 0.6 is 0 Å². The van der Waals surface area contributed by atoms with Crippen molar-refractivity contribution < 1.29 is 9.59 Å². The van der Waals surface area contributed by atoms with E-state index >= 15 is 0 Å². The summed E-state index contributed by atoms with van der Waals surface area (Å²) in [7, 11) is 1.89. The van der Waals surface area contributed by atoms with Gasteiger partial charge in [0, 0.05) is 44.8 Å². The van der Waals surface area contributed by atoms with Gasteiger partial charge in [-0.15, -0.1) is 0 Å². The molecule has 1 atom stereocenters. The highest BCUT2D eigenvalue weighted by Crippen LogP contribution is 2.49. The van der Waals surface area contributed by atoms with Crippen LogP contribution in [-0.2, 0) is 7.05 Å². The molecule has 1 N–H and O–H groups in total. The fraction of sp³-hybridized carbons (Fsp3) is 0.474. The summed E-state index contributed by atoms with van der Waals surface area (Å²) in [4.78, 5) is 35.0. The lowest BCUT2D eigenvalue weighted by atomic mass is 9.59. The summed E-state index contributed by atoms with van der Waals surface area (Å²) < 4.78 is 1.86. The average molecular weight is 353 g/mol. The molecule has 1 saturated heterocycles.